The second-order valence-electron chi connectivity index (χ2n) is 21.4. The Bertz CT molecular complexity index is 3590. The van der Waals surface area contributed by atoms with Crippen LogP contribution in [0.15, 0.2) is 231 Å². The standard InChI is InChI=1S/C69H53N/c1-2-12-50(13-3-1)57-19-10-14-52-15-11-20-58(67(52)57)51-28-34-55(35-29-51)70(54-32-26-49(27-33-54)48-24-30-53(31-25-48)68-42-45-38-46(43-68)40-47(39-45)44-68)56-36-37-66-62(41-56)61-18-6-9-23-65(61)69(66)63-21-7-4-16-59(63)60-17-5-8-22-64(60)69/h1-37,41,45-47H,38-40,42-44H2. The molecule has 0 aromatic heterocycles. The molecule has 4 saturated carbocycles. The second-order valence-corrected chi connectivity index (χ2v) is 21.4. The molecule has 16 rings (SSSR count). The molecule has 0 aliphatic heterocycles. The van der Waals surface area contributed by atoms with E-state index >= 15 is 0 Å². The van der Waals surface area contributed by atoms with Crippen molar-refractivity contribution in [1.82, 2.24) is 0 Å². The summed E-state index contributed by atoms with van der Waals surface area (Å²) in [6, 6.07) is 87.2. The number of hydrogen-bond donors (Lipinski definition) is 0. The summed E-state index contributed by atoms with van der Waals surface area (Å²) < 4.78 is 0. The summed E-state index contributed by atoms with van der Waals surface area (Å²) in [7, 11) is 0. The van der Waals surface area contributed by atoms with E-state index in [1.165, 1.54) is 127 Å². The second kappa shape index (κ2) is 15.4. The Kier molecular flexibility index (Phi) is 8.83. The molecule has 0 heterocycles. The Hall–Kier alpha value is -7.74. The monoisotopic (exact) mass is 895 g/mol. The van der Waals surface area contributed by atoms with Gasteiger partial charge in [-0.25, -0.2) is 0 Å². The lowest BCUT2D eigenvalue weighted by molar-refractivity contribution is -0.00518. The molecule has 10 aromatic rings. The van der Waals surface area contributed by atoms with Crippen LogP contribution in [0.5, 0.6) is 0 Å². The summed E-state index contributed by atoms with van der Waals surface area (Å²) in [5, 5.41) is 2.53. The van der Waals surface area contributed by atoms with Gasteiger partial charge in [0, 0.05) is 17.1 Å². The van der Waals surface area contributed by atoms with Gasteiger partial charge in [-0.15, -0.1) is 0 Å². The lowest BCUT2D eigenvalue weighted by Crippen LogP contribution is -2.48. The van der Waals surface area contributed by atoms with Crippen molar-refractivity contribution in [2.24, 2.45) is 17.8 Å². The molecule has 4 bridgehead atoms. The fraction of sp³-hybridized carbons (Fsp3) is 0.159. The highest BCUT2D eigenvalue weighted by Crippen LogP contribution is 2.64. The quantitative estimate of drug-likeness (QED) is 0.154. The topological polar surface area (TPSA) is 3.24 Å². The zero-order chi connectivity index (χ0) is 46.0. The van der Waals surface area contributed by atoms with Crippen LogP contribution in [0.3, 0.4) is 0 Å². The highest BCUT2D eigenvalue weighted by atomic mass is 15.1. The Morgan fingerprint density at radius 1 is 0.314 bits per heavy atom. The van der Waals surface area contributed by atoms with Crippen molar-refractivity contribution in [1.29, 1.82) is 0 Å². The van der Waals surface area contributed by atoms with Crippen LogP contribution in [-0.2, 0) is 10.8 Å². The minimum Gasteiger partial charge on any atom is -0.310 e. The zero-order valence-corrected chi connectivity index (χ0v) is 39.4. The van der Waals surface area contributed by atoms with E-state index in [2.05, 4.69) is 235 Å². The van der Waals surface area contributed by atoms with Gasteiger partial charge in [0.25, 0.3) is 0 Å². The van der Waals surface area contributed by atoms with Crippen LogP contribution in [-0.4, -0.2) is 0 Å². The molecule has 1 heteroatoms. The van der Waals surface area contributed by atoms with Crippen LogP contribution in [0.25, 0.3) is 66.4 Å². The predicted octanol–water partition coefficient (Wildman–Crippen LogP) is 18.1. The van der Waals surface area contributed by atoms with E-state index in [9.17, 15) is 0 Å². The van der Waals surface area contributed by atoms with Gasteiger partial charge in [-0.3, -0.25) is 0 Å². The number of hydrogen-bond acceptors (Lipinski definition) is 1. The van der Waals surface area contributed by atoms with Crippen LogP contribution in [0, 0.1) is 17.8 Å². The van der Waals surface area contributed by atoms with E-state index in [0.29, 0.717) is 5.41 Å². The molecule has 1 spiro atoms. The number of nitrogens with zero attached hydrogens (tertiary/aromatic N) is 1. The van der Waals surface area contributed by atoms with E-state index in [1.807, 2.05) is 0 Å². The molecule has 1 nitrogen and oxygen atoms in total. The third kappa shape index (κ3) is 5.91. The van der Waals surface area contributed by atoms with Gasteiger partial charge in [0.05, 0.1) is 5.41 Å². The number of fused-ring (bicyclic) bond motifs is 11. The molecular weight excluding hydrogens is 843 g/mol. The molecule has 6 aliphatic carbocycles. The van der Waals surface area contributed by atoms with Crippen LogP contribution in [0.4, 0.5) is 17.1 Å². The van der Waals surface area contributed by atoms with E-state index in [-0.39, 0.29) is 5.41 Å². The van der Waals surface area contributed by atoms with Gasteiger partial charge in [-0.1, -0.05) is 194 Å². The molecule has 0 radical (unpaired) electrons. The zero-order valence-electron chi connectivity index (χ0n) is 39.4. The summed E-state index contributed by atoms with van der Waals surface area (Å²) in [5.41, 5.74) is 23.2. The minimum atomic E-state index is -0.381. The smallest absolute Gasteiger partial charge is 0.0725 e. The van der Waals surface area contributed by atoms with E-state index < -0.39 is 0 Å². The van der Waals surface area contributed by atoms with E-state index in [4.69, 9.17) is 0 Å². The van der Waals surface area contributed by atoms with Crippen molar-refractivity contribution >= 4 is 27.8 Å². The molecule has 4 fully saturated rings. The molecule has 0 atom stereocenters. The molecule has 0 unspecified atom stereocenters. The van der Waals surface area contributed by atoms with Crippen molar-refractivity contribution in [2.45, 2.75) is 49.4 Å². The third-order valence-electron chi connectivity index (χ3n) is 17.7. The first kappa shape index (κ1) is 40.2. The summed E-state index contributed by atoms with van der Waals surface area (Å²) in [4.78, 5) is 2.46. The Morgan fingerprint density at radius 2 is 0.729 bits per heavy atom. The molecule has 0 amide bonds. The Morgan fingerprint density at radius 3 is 1.27 bits per heavy atom. The Labute approximate surface area is 411 Å². The van der Waals surface area contributed by atoms with Crippen molar-refractivity contribution in [3.63, 3.8) is 0 Å². The van der Waals surface area contributed by atoms with Gasteiger partial charge in [-0.2, -0.15) is 0 Å². The normalized spacial score (nSPS) is 20.5. The molecular formula is C69H53N. The van der Waals surface area contributed by atoms with Crippen molar-refractivity contribution in [3.05, 3.63) is 258 Å². The van der Waals surface area contributed by atoms with E-state index in [1.54, 1.807) is 5.56 Å². The van der Waals surface area contributed by atoms with Gasteiger partial charge in [0.15, 0.2) is 0 Å². The summed E-state index contributed by atoms with van der Waals surface area (Å²) >= 11 is 0. The fourth-order valence-corrected chi connectivity index (χ4v) is 15.2. The van der Waals surface area contributed by atoms with Crippen LogP contribution in [0.1, 0.15) is 66.3 Å². The Balaban J connectivity index is 0.850. The maximum absolute atomic E-state index is 2.49. The van der Waals surface area contributed by atoms with Gasteiger partial charge >= 0.3 is 0 Å². The summed E-state index contributed by atoms with van der Waals surface area (Å²) in [6.07, 6.45) is 8.64. The highest BCUT2D eigenvalue weighted by molar-refractivity contribution is 6.06. The predicted molar refractivity (Wildman–Crippen MR) is 291 cm³/mol. The lowest BCUT2D eigenvalue weighted by atomic mass is 9.48. The first-order chi connectivity index (χ1) is 34.6. The highest BCUT2D eigenvalue weighted by Gasteiger charge is 2.53. The summed E-state index contributed by atoms with van der Waals surface area (Å²) in [6.45, 7) is 0. The van der Waals surface area contributed by atoms with Crippen molar-refractivity contribution < 1.29 is 0 Å². The average molecular weight is 896 g/mol. The lowest BCUT2D eigenvalue weighted by Gasteiger charge is -2.57. The first-order valence-corrected chi connectivity index (χ1v) is 25.7. The largest absolute Gasteiger partial charge is 0.310 e. The summed E-state index contributed by atoms with van der Waals surface area (Å²) in [5.74, 6) is 2.84. The molecule has 0 saturated heterocycles. The third-order valence-corrected chi connectivity index (χ3v) is 17.7. The van der Waals surface area contributed by atoms with Crippen LogP contribution >= 0.6 is 0 Å². The first-order valence-electron chi connectivity index (χ1n) is 25.7. The van der Waals surface area contributed by atoms with Gasteiger partial charge in [0.2, 0.25) is 0 Å². The molecule has 6 aliphatic rings. The van der Waals surface area contributed by atoms with Crippen LogP contribution in [0.2, 0.25) is 0 Å². The van der Waals surface area contributed by atoms with Gasteiger partial charge in [0.1, 0.15) is 0 Å². The van der Waals surface area contributed by atoms with Crippen LogP contribution < -0.4 is 4.90 Å². The molecule has 70 heavy (non-hydrogen) atoms. The molecule has 0 N–H and O–H groups in total. The molecule has 10 aromatic carbocycles. The SMILES string of the molecule is c1ccc(-c2cccc3cccc(-c4ccc(N(c5ccc(-c6ccc(C78CC9CC(CC(C9)C7)C8)cc6)cc5)c5ccc6c(c5)-c5ccccc5C65c6ccccc6-c6ccccc65)cc4)c23)cc1. The minimum absolute atomic E-state index is 0.381. The number of anilines is 3. The van der Waals surface area contributed by atoms with Crippen molar-refractivity contribution in [2.75, 3.05) is 4.90 Å². The maximum Gasteiger partial charge on any atom is 0.0725 e. The average Bonchev–Trinajstić information content (AvgIpc) is 3.89. The number of rotatable bonds is 7. The van der Waals surface area contributed by atoms with E-state index in [0.717, 1.165) is 34.8 Å². The van der Waals surface area contributed by atoms with Gasteiger partial charge in [-0.05, 0) is 192 Å². The fourth-order valence-electron chi connectivity index (χ4n) is 15.2. The van der Waals surface area contributed by atoms with Gasteiger partial charge < -0.3 is 4.90 Å². The number of benzene rings is 10. The molecule has 334 valence electrons. The maximum atomic E-state index is 2.49. The van der Waals surface area contributed by atoms with Crippen molar-refractivity contribution in [3.8, 4) is 55.6 Å².